The quantitative estimate of drug-likeness (QED) is 0.101. The topological polar surface area (TPSA) is 94.1 Å². The van der Waals surface area contributed by atoms with E-state index in [4.69, 9.17) is 25.8 Å². The predicted octanol–water partition coefficient (Wildman–Crippen LogP) is 7.64. The fourth-order valence-electron chi connectivity index (χ4n) is 5.85. The van der Waals surface area contributed by atoms with E-state index in [1.165, 1.54) is 0 Å². The van der Waals surface area contributed by atoms with Gasteiger partial charge in [-0.25, -0.2) is 9.59 Å². The van der Waals surface area contributed by atoms with Crippen molar-refractivity contribution in [3.8, 4) is 0 Å². The van der Waals surface area contributed by atoms with Crippen molar-refractivity contribution in [1.82, 2.24) is 5.32 Å². The Morgan fingerprint density at radius 2 is 1.36 bits per heavy atom. The van der Waals surface area contributed by atoms with E-state index in [2.05, 4.69) is 29.6 Å². The number of benzene rings is 4. The third-order valence-corrected chi connectivity index (χ3v) is 8.29. The van der Waals surface area contributed by atoms with Crippen molar-refractivity contribution in [3.63, 3.8) is 0 Å². The van der Waals surface area contributed by atoms with Gasteiger partial charge in [-0.2, -0.15) is 0 Å². The van der Waals surface area contributed by atoms with Crippen LogP contribution in [0.15, 0.2) is 138 Å². The lowest BCUT2D eigenvalue weighted by atomic mass is 9.80. The molecule has 0 saturated heterocycles. The zero-order valence-corrected chi connectivity index (χ0v) is 27.0. The lowest BCUT2D eigenvalue weighted by molar-refractivity contribution is -0.139. The molecule has 47 heavy (non-hydrogen) atoms. The number of carbonyl (C=O) groups excluding carboxylic acids is 1. The highest BCUT2D eigenvalue weighted by atomic mass is 35.5. The number of hydrogen-bond donors (Lipinski definition) is 2. The molecule has 1 atom stereocenters. The number of rotatable bonds is 15. The van der Waals surface area contributed by atoms with E-state index in [0.717, 1.165) is 16.7 Å². The summed E-state index contributed by atoms with van der Waals surface area (Å²) in [7, 11) is 0. The second-order valence-corrected chi connectivity index (χ2v) is 11.7. The number of carboxylic acids is 1. The molecular weight excluding hydrogens is 614 g/mol. The fraction of sp³-hybridized carbons (Fsp3) is 0.231. The Morgan fingerprint density at radius 1 is 0.766 bits per heavy atom. The van der Waals surface area contributed by atoms with Gasteiger partial charge < -0.3 is 24.6 Å². The van der Waals surface area contributed by atoms with Crippen LogP contribution < -0.4 is 5.32 Å². The van der Waals surface area contributed by atoms with E-state index in [1.807, 2.05) is 66.7 Å². The Kier molecular flexibility index (Phi) is 12.0. The third-order valence-electron chi connectivity index (χ3n) is 8.05. The highest BCUT2D eigenvalue weighted by molar-refractivity contribution is 6.30. The summed E-state index contributed by atoms with van der Waals surface area (Å²) in [5.74, 6) is -2.69. The van der Waals surface area contributed by atoms with Gasteiger partial charge in [0, 0.05) is 16.6 Å². The van der Waals surface area contributed by atoms with E-state index in [0.29, 0.717) is 41.6 Å². The van der Waals surface area contributed by atoms with Gasteiger partial charge in [0.15, 0.2) is 0 Å². The molecule has 1 aliphatic rings. The summed E-state index contributed by atoms with van der Waals surface area (Å²) < 4.78 is 17.7. The molecule has 0 saturated carbocycles. The third kappa shape index (κ3) is 8.98. The van der Waals surface area contributed by atoms with E-state index >= 15 is 0 Å². The number of halogens is 1. The molecule has 7 nitrogen and oxygen atoms in total. The van der Waals surface area contributed by atoms with Gasteiger partial charge in [-0.05, 0) is 47.7 Å². The zero-order chi connectivity index (χ0) is 33.0. The van der Waals surface area contributed by atoms with E-state index < -0.39 is 17.9 Å². The number of carboxylic acid groups (broad SMARTS) is 1. The Morgan fingerprint density at radius 3 is 1.96 bits per heavy atom. The number of ether oxygens (including phenoxy) is 3. The van der Waals surface area contributed by atoms with Crippen molar-refractivity contribution < 1.29 is 28.9 Å². The van der Waals surface area contributed by atoms with Crippen LogP contribution in [0.2, 0.25) is 5.02 Å². The van der Waals surface area contributed by atoms with Crippen molar-refractivity contribution in [1.29, 1.82) is 0 Å². The van der Waals surface area contributed by atoms with Crippen LogP contribution in [0.5, 0.6) is 0 Å². The Balaban J connectivity index is 1.37. The Labute approximate surface area is 280 Å². The maximum atomic E-state index is 14.0. The van der Waals surface area contributed by atoms with Crippen molar-refractivity contribution >= 4 is 23.5 Å². The number of hydrogen-bond acceptors (Lipinski definition) is 6. The van der Waals surface area contributed by atoms with E-state index in [1.54, 1.807) is 31.2 Å². The van der Waals surface area contributed by atoms with Crippen molar-refractivity contribution in [2.24, 2.45) is 0 Å². The molecule has 1 heterocycles. The smallest absolute Gasteiger partial charge is 0.336 e. The van der Waals surface area contributed by atoms with Crippen LogP contribution >= 0.6 is 11.6 Å². The van der Waals surface area contributed by atoms with Crippen LogP contribution in [0.1, 0.15) is 47.4 Å². The Hall–Kier alpha value is -4.69. The minimum atomic E-state index is -1.15. The number of nitrogens with one attached hydrogen (secondary N) is 1. The second-order valence-electron chi connectivity index (χ2n) is 11.2. The summed E-state index contributed by atoms with van der Waals surface area (Å²) in [5.41, 5.74) is 4.91. The average Bonchev–Trinajstić information content (AvgIpc) is 3.09. The molecule has 4 aromatic carbocycles. The summed E-state index contributed by atoms with van der Waals surface area (Å²) in [4.78, 5) is 26.7. The van der Waals surface area contributed by atoms with Crippen molar-refractivity contribution in [2.75, 3.05) is 26.4 Å². The molecule has 0 aromatic heterocycles. The minimum absolute atomic E-state index is 0.00259. The van der Waals surface area contributed by atoms with Gasteiger partial charge in [-0.1, -0.05) is 115 Å². The molecule has 4 aromatic rings. The zero-order valence-electron chi connectivity index (χ0n) is 26.2. The number of aliphatic carboxylic acids is 1. The van der Waals surface area contributed by atoms with E-state index in [9.17, 15) is 14.7 Å². The number of dihydropyridines is 1. The molecule has 5 rings (SSSR count). The van der Waals surface area contributed by atoms with Crippen molar-refractivity contribution in [3.05, 3.63) is 165 Å². The molecule has 2 N–H and O–H groups in total. The van der Waals surface area contributed by atoms with Gasteiger partial charge in [0.25, 0.3) is 0 Å². The normalized spacial score (nSPS) is 14.7. The minimum Gasteiger partial charge on any atom is -0.478 e. The Bertz CT molecular complexity index is 1670. The van der Waals surface area contributed by atoms with Crippen LogP contribution in [-0.2, 0) is 30.4 Å². The summed E-state index contributed by atoms with van der Waals surface area (Å²) in [5, 5.41) is 13.9. The van der Waals surface area contributed by atoms with Gasteiger partial charge in [-0.15, -0.1) is 0 Å². The molecular formula is C39H38ClNO6. The molecule has 0 spiro atoms. The lowest BCUT2D eigenvalue weighted by Crippen LogP contribution is -2.34. The van der Waals surface area contributed by atoms with Gasteiger partial charge in [-0.3, -0.25) is 0 Å². The van der Waals surface area contributed by atoms with Crippen LogP contribution in [0.25, 0.3) is 0 Å². The molecule has 242 valence electrons. The average molecular weight is 652 g/mol. The molecule has 0 radical (unpaired) electrons. The second kappa shape index (κ2) is 16.7. The number of allylic oxidation sites excluding steroid dienone is 1. The standard InChI is InChI=1S/C39H38ClNO6/c1-27-35(38(42)43)36(31-18-11-19-32(40)24-31)37(34(41-27)26-46-23-22-45-25-28-12-5-2-6-13-28)39(44)47-21-20-33(29-14-7-3-8-15-29)30-16-9-4-10-17-30/h2-19,24,33,36,41H,20-23,25-26H2,1H3,(H,42,43). The first-order valence-corrected chi connectivity index (χ1v) is 16.0. The molecule has 1 unspecified atom stereocenters. The maximum Gasteiger partial charge on any atom is 0.336 e. The van der Waals surface area contributed by atoms with Crippen molar-refractivity contribution in [2.45, 2.75) is 31.8 Å². The SMILES string of the molecule is CC1=C(C(=O)O)C(c2cccc(Cl)c2)C(C(=O)OCCC(c2ccccc2)c2ccccc2)=C(COCCOCc2ccccc2)N1. The first-order valence-electron chi connectivity index (χ1n) is 15.6. The van der Waals surface area contributed by atoms with Crippen LogP contribution in [0, 0.1) is 0 Å². The number of esters is 1. The van der Waals surface area contributed by atoms with Crippen LogP contribution in [0.3, 0.4) is 0 Å². The monoisotopic (exact) mass is 651 g/mol. The van der Waals surface area contributed by atoms with Gasteiger partial charge >= 0.3 is 11.9 Å². The maximum absolute atomic E-state index is 14.0. The fourth-order valence-corrected chi connectivity index (χ4v) is 6.05. The first kappa shape index (κ1) is 33.7. The molecule has 1 aliphatic heterocycles. The molecule has 0 aliphatic carbocycles. The summed E-state index contributed by atoms with van der Waals surface area (Å²) in [6, 6.07) is 36.9. The number of carbonyl (C=O) groups is 2. The van der Waals surface area contributed by atoms with Gasteiger partial charge in [0.2, 0.25) is 0 Å². The van der Waals surface area contributed by atoms with E-state index in [-0.39, 0.29) is 36.9 Å². The highest BCUT2D eigenvalue weighted by Crippen LogP contribution is 2.40. The summed E-state index contributed by atoms with van der Waals surface area (Å²) >= 11 is 6.35. The van der Waals surface area contributed by atoms with Crippen LogP contribution in [0.4, 0.5) is 0 Å². The molecule has 8 heteroatoms. The molecule has 0 bridgehead atoms. The van der Waals surface area contributed by atoms with Gasteiger partial charge in [0.05, 0.1) is 55.8 Å². The molecule has 0 amide bonds. The summed E-state index contributed by atoms with van der Waals surface area (Å²) in [6.45, 7) is 2.89. The molecule has 0 fully saturated rings. The first-order chi connectivity index (χ1) is 22.9. The van der Waals surface area contributed by atoms with Gasteiger partial charge in [0.1, 0.15) is 0 Å². The largest absolute Gasteiger partial charge is 0.478 e. The van der Waals surface area contributed by atoms with Crippen LogP contribution in [-0.4, -0.2) is 43.5 Å². The summed E-state index contributed by atoms with van der Waals surface area (Å²) in [6.07, 6.45) is 0.535. The predicted molar refractivity (Wildman–Crippen MR) is 182 cm³/mol. The lowest BCUT2D eigenvalue weighted by Gasteiger charge is -2.31. The highest BCUT2D eigenvalue weighted by Gasteiger charge is 2.38.